The standard InChI is InChI=1S/C36H42N6O4/c1-24-19-31-27(7-6-15-42(31)39-24)23-45-34-9-5-8-29(38-34)25-12-16-40(17-13-25)22-33-37-30-11-10-26(35(43)46-36(2,3)4)20-32(30)41(33)21-28-14-18-44-28/h5-11,15,19-20,25,28H,12-14,16-18,21-23H2,1-4H3. The zero-order valence-electron chi connectivity index (χ0n) is 27.1. The third-order valence-electron chi connectivity index (χ3n) is 8.84. The minimum atomic E-state index is -0.553. The molecule has 1 aromatic carbocycles. The Bertz CT molecular complexity index is 1860. The number of carbonyl (C=O) groups is 1. The first-order chi connectivity index (χ1) is 22.2. The molecule has 5 aromatic rings. The summed E-state index contributed by atoms with van der Waals surface area (Å²) in [6, 6.07) is 17.9. The van der Waals surface area contributed by atoms with E-state index in [4.69, 9.17) is 24.2 Å². The van der Waals surface area contributed by atoms with Crippen molar-refractivity contribution in [2.45, 2.75) is 84.3 Å². The molecular weight excluding hydrogens is 580 g/mol. The maximum atomic E-state index is 12.8. The van der Waals surface area contributed by atoms with Crippen LogP contribution in [0.5, 0.6) is 5.88 Å². The van der Waals surface area contributed by atoms with Crippen LogP contribution in [0.3, 0.4) is 0 Å². The number of hydrogen-bond acceptors (Lipinski definition) is 8. The molecule has 10 nitrogen and oxygen atoms in total. The van der Waals surface area contributed by atoms with Crippen molar-refractivity contribution in [2.24, 2.45) is 0 Å². The lowest BCUT2D eigenvalue weighted by Gasteiger charge is -2.32. The second kappa shape index (κ2) is 12.5. The van der Waals surface area contributed by atoms with E-state index in [1.807, 2.05) is 74.8 Å². The zero-order chi connectivity index (χ0) is 31.8. The second-order valence-electron chi connectivity index (χ2n) is 13.5. The largest absolute Gasteiger partial charge is 0.473 e. The quantitative estimate of drug-likeness (QED) is 0.182. The molecule has 240 valence electrons. The molecule has 2 saturated heterocycles. The van der Waals surface area contributed by atoms with Crippen molar-refractivity contribution in [2.75, 3.05) is 19.7 Å². The average Bonchev–Trinajstić information content (AvgIpc) is 3.56. The number of aromatic nitrogens is 5. The summed E-state index contributed by atoms with van der Waals surface area (Å²) in [4.78, 5) is 25.3. The summed E-state index contributed by atoms with van der Waals surface area (Å²) in [5, 5.41) is 4.51. The predicted molar refractivity (Wildman–Crippen MR) is 175 cm³/mol. The van der Waals surface area contributed by atoms with Crippen LogP contribution >= 0.6 is 0 Å². The molecule has 1 unspecified atom stereocenters. The van der Waals surface area contributed by atoms with Gasteiger partial charge in [0.1, 0.15) is 18.0 Å². The normalized spacial score (nSPS) is 17.8. The molecule has 4 aromatic heterocycles. The van der Waals surface area contributed by atoms with Crippen LogP contribution in [0.2, 0.25) is 0 Å². The van der Waals surface area contributed by atoms with Gasteiger partial charge >= 0.3 is 5.97 Å². The number of rotatable bonds is 9. The highest BCUT2D eigenvalue weighted by atomic mass is 16.6. The Balaban J connectivity index is 1.02. The number of pyridine rings is 2. The monoisotopic (exact) mass is 622 g/mol. The summed E-state index contributed by atoms with van der Waals surface area (Å²) in [6.45, 7) is 12.3. The van der Waals surface area contributed by atoms with Gasteiger partial charge < -0.3 is 18.8 Å². The molecule has 2 aliphatic heterocycles. The highest BCUT2D eigenvalue weighted by Crippen LogP contribution is 2.30. The number of carbonyl (C=O) groups excluding carboxylic acids is 1. The van der Waals surface area contributed by atoms with E-state index in [9.17, 15) is 4.79 Å². The van der Waals surface area contributed by atoms with Gasteiger partial charge in [0, 0.05) is 36.0 Å². The molecule has 0 bridgehead atoms. The third kappa shape index (κ3) is 6.64. The number of nitrogens with zero attached hydrogens (tertiary/aromatic N) is 6. The van der Waals surface area contributed by atoms with E-state index in [2.05, 4.69) is 32.8 Å². The van der Waals surface area contributed by atoms with Crippen LogP contribution in [0.1, 0.15) is 79.1 Å². The van der Waals surface area contributed by atoms with Gasteiger partial charge in [0.05, 0.1) is 47.0 Å². The van der Waals surface area contributed by atoms with Crippen molar-refractivity contribution < 1.29 is 19.0 Å². The van der Waals surface area contributed by atoms with E-state index in [-0.39, 0.29) is 12.1 Å². The van der Waals surface area contributed by atoms with E-state index in [0.29, 0.717) is 24.0 Å². The lowest BCUT2D eigenvalue weighted by atomic mass is 9.93. The van der Waals surface area contributed by atoms with Crippen LogP contribution in [0, 0.1) is 6.92 Å². The van der Waals surface area contributed by atoms with Crippen molar-refractivity contribution >= 4 is 22.5 Å². The van der Waals surface area contributed by atoms with Crippen LogP contribution in [0.25, 0.3) is 16.6 Å². The number of imidazole rings is 1. The molecule has 46 heavy (non-hydrogen) atoms. The van der Waals surface area contributed by atoms with Gasteiger partial charge in [-0.05, 0) is 96.4 Å². The van der Waals surface area contributed by atoms with E-state index in [0.717, 1.165) is 91.4 Å². The Morgan fingerprint density at radius 3 is 2.59 bits per heavy atom. The van der Waals surface area contributed by atoms with Crippen LogP contribution in [-0.4, -0.2) is 66.4 Å². The number of ether oxygens (including phenoxy) is 3. The Morgan fingerprint density at radius 2 is 1.83 bits per heavy atom. The molecule has 10 heteroatoms. The Morgan fingerprint density at radius 1 is 1.00 bits per heavy atom. The van der Waals surface area contributed by atoms with Crippen molar-refractivity contribution in [3.05, 3.63) is 89.1 Å². The van der Waals surface area contributed by atoms with Gasteiger partial charge in [-0.3, -0.25) is 4.90 Å². The number of piperidine rings is 1. The summed E-state index contributed by atoms with van der Waals surface area (Å²) in [5.74, 6) is 1.71. The zero-order valence-corrected chi connectivity index (χ0v) is 27.1. The molecule has 0 spiro atoms. The third-order valence-corrected chi connectivity index (χ3v) is 8.84. The fourth-order valence-corrected chi connectivity index (χ4v) is 6.39. The van der Waals surface area contributed by atoms with E-state index >= 15 is 0 Å². The minimum Gasteiger partial charge on any atom is -0.473 e. The van der Waals surface area contributed by atoms with E-state index in [1.165, 1.54) is 0 Å². The Hall–Kier alpha value is -4.28. The number of benzene rings is 1. The molecule has 0 saturated carbocycles. The van der Waals surface area contributed by atoms with Crippen molar-refractivity contribution in [1.82, 2.24) is 29.0 Å². The van der Waals surface area contributed by atoms with Gasteiger partial charge in [-0.2, -0.15) is 5.10 Å². The van der Waals surface area contributed by atoms with Crippen molar-refractivity contribution in [1.29, 1.82) is 0 Å². The first-order valence-corrected chi connectivity index (χ1v) is 16.3. The molecule has 7 rings (SSSR count). The number of aryl methyl sites for hydroxylation is 1. The fourth-order valence-electron chi connectivity index (χ4n) is 6.39. The van der Waals surface area contributed by atoms with Gasteiger partial charge in [-0.1, -0.05) is 12.1 Å². The van der Waals surface area contributed by atoms with Crippen LogP contribution in [-0.2, 0) is 29.2 Å². The molecule has 0 N–H and O–H groups in total. The smallest absolute Gasteiger partial charge is 0.338 e. The lowest BCUT2D eigenvalue weighted by molar-refractivity contribution is -0.0592. The fraction of sp³-hybridized carbons (Fsp3) is 0.444. The lowest BCUT2D eigenvalue weighted by Crippen LogP contribution is -2.35. The molecule has 0 amide bonds. The first-order valence-electron chi connectivity index (χ1n) is 16.3. The average molecular weight is 623 g/mol. The molecule has 2 fully saturated rings. The summed E-state index contributed by atoms with van der Waals surface area (Å²) >= 11 is 0. The van der Waals surface area contributed by atoms with Gasteiger partial charge in [0.25, 0.3) is 0 Å². The summed E-state index contributed by atoms with van der Waals surface area (Å²) < 4.78 is 21.7. The summed E-state index contributed by atoms with van der Waals surface area (Å²) in [7, 11) is 0. The second-order valence-corrected chi connectivity index (χ2v) is 13.5. The van der Waals surface area contributed by atoms with E-state index < -0.39 is 5.60 Å². The van der Waals surface area contributed by atoms with E-state index in [1.54, 1.807) is 0 Å². The number of fused-ring (bicyclic) bond motifs is 2. The van der Waals surface area contributed by atoms with Crippen LogP contribution < -0.4 is 4.74 Å². The first kappa shape index (κ1) is 30.4. The highest BCUT2D eigenvalue weighted by Gasteiger charge is 2.27. The molecular formula is C36H42N6O4. The van der Waals surface area contributed by atoms with Crippen molar-refractivity contribution in [3.8, 4) is 5.88 Å². The van der Waals surface area contributed by atoms with Gasteiger partial charge in [-0.25, -0.2) is 19.3 Å². The van der Waals surface area contributed by atoms with Crippen molar-refractivity contribution in [3.63, 3.8) is 0 Å². The topological polar surface area (TPSA) is 96.0 Å². The maximum absolute atomic E-state index is 12.8. The Kier molecular flexibility index (Phi) is 8.25. The van der Waals surface area contributed by atoms with Gasteiger partial charge in [0.2, 0.25) is 5.88 Å². The molecule has 1 atom stereocenters. The minimum absolute atomic E-state index is 0.171. The predicted octanol–water partition coefficient (Wildman–Crippen LogP) is 6.09. The number of hydrogen-bond donors (Lipinski definition) is 0. The number of likely N-dealkylation sites (tertiary alicyclic amines) is 1. The van der Waals surface area contributed by atoms with Crippen LogP contribution in [0.15, 0.2) is 60.8 Å². The SMILES string of the molecule is Cc1cc2c(COc3cccc(C4CCN(Cc5nc6ccc(C(=O)OC(C)(C)C)cc6n5CC5CCO5)CC4)n3)cccn2n1. The van der Waals surface area contributed by atoms with Gasteiger partial charge in [-0.15, -0.1) is 0 Å². The molecule has 0 radical (unpaired) electrons. The van der Waals surface area contributed by atoms with Crippen LogP contribution in [0.4, 0.5) is 0 Å². The highest BCUT2D eigenvalue weighted by molar-refractivity contribution is 5.94. The number of esters is 1. The molecule has 2 aliphatic rings. The van der Waals surface area contributed by atoms with Gasteiger partial charge in [0.15, 0.2) is 0 Å². The molecule has 0 aliphatic carbocycles. The maximum Gasteiger partial charge on any atom is 0.338 e. The molecule has 6 heterocycles. The summed E-state index contributed by atoms with van der Waals surface area (Å²) in [5.41, 5.74) is 6.03. The Labute approximate surface area is 269 Å². The summed E-state index contributed by atoms with van der Waals surface area (Å²) in [6.07, 6.45) is 5.19.